The number of nitrogens with zero attached hydrogens (tertiary/aromatic N) is 5. The maximum Gasteiger partial charge on any atom is 0.217 e. The van der Waals surface area contributed by atoms with E-state index in [9.17, 15) is 4.79 Å². The second-order valence-electron chi connectivity index (χ2n) is 6.39. The van der Waals surface area contributed by atoms with Crippen LogP contribution in [0.25, 0.3) is 0 Å². The van der Waals surface area contributed by atoms with Crippen molar-refractivity contribution >= 4 is 5.91 Å². The molecule has 0 fully saturated rings. The number of aromatic nitrogens is 4. The second-order valence-corrected chi connectivity index (χ2v) is 6.39. The molecule has 23 heavy (non-hydrogen) atoms. The molecule has 1 N–H and O–H groups in total. The summed E-state index contributed by atoms with van der Waals surface area (Å²) in [5.74, 6) is -0.0280. The van der Waals surface area contributed by atoms with E-state index in [0.717, 1.165) is 31.9 Å². The predicted molar refractivity (Wildman–Crippen MR) is 86.5 cm³/mol. The van der Waals surface area contributed by atoms with Gasteiger partial charge in [0.15, 0.2) is 0 Å². The van der Waals surface area contributed by atoms with Crippen LogP contribution in [0.15, 0.2) is 18.5 Å². The Morgan fingerprint density at radius 2 is 2.22 bits per heavy atom. The fourth-order valence-electron chi connectivity index (χ4n) is 2.82. The minimum Gasteiger partial charge on any atom is -0.351 e. The Morgan fingerprint density at radius 1 is 1.39 bits per heavy atom. The van der Waals surface area contributed by atoms with Crippen LogP contribution in [0.1, 0.15) is 43.8 Å². The van der Waals surface area contributed by atoms with Gasteiger partial charge in [-0.1, -0.05) is 0 Å². The molecular formula is C16H24N6O. The number of hydrogen-bond donors (Lipinski definition) is 1. The second kappa shape index (κ2) is 6.54. The number of amides is 1. The number of fused-ring (bicyclic) bond motifs is 1. The van der Waals surface area contributed by atoms with E-state index in [0.29, 0.717) is 12.6 Å². The Labute approximate surface area is 136 Å². The number of nitrogens with one attached hydrogen (secondary N) is 1. The van der Waals surface area contributed by atoms with Crippen LogP contribution in [-0.4, -0.2) is 36.9 Å². The number of hydrogen-bond acceptors (Lipinski definition) is 4. The maximum atomic E-state index is 11.0. The third-order valence-electron chi connectivity index (χ3n) is 4.04. The molecule has 0 saturated carbocycles. The fourth-order valence-corrected chi connectivity index (χ4v) is 2.82. The van der Waals surface area contributed by atoms with Crippen molar-refractivity contribution in [2.75, 3.05) is 6.54 Å². The van der Waals surface area contributed by atoms with E-state index in [1.54, 1.807) is 0 Å². The number of carbonyl (C=O) groups is 1. The lowest BCUT2D eigenvalue weighted by Gasteiger charge is -2.26. The van der Waals surface area contributed by atoms with Crippen molar-refractivity contribution in [1.29, 1.82) is 0 Å². The summed E-state index contributed by atoms with van der Waals surface area (Å²) in [6, 6.07) is 2.47. The predicted octanol–water partition coefficient (Wildman–Crippen LogP) is 1.31. The minimum absolute atomic E-state index is 0.0280. The average molecular weight is 316 g/mol. The molecule has 0 bridgehead atoms. The van der Waals surface area contributed by atoms with Gasteiger partial charge in [-0.05, 0) is 19.9 Å². The van der Waals surface area contributed by atoms with E-state index in [1.807, 2.05) is 15.6 Å². The van der Waals surface area contributed by atoms with Crippen LogP contribution in [0.3, 0.4) is 0 Å². The van der Waals surface area contributed by atoms with Crippen LogP contribution in [0.2, 0.25) is 0 Å². The molecular weight excluding hydrogens is 292 g/mol. The van der Waals surface area contributed by atoms with Gasteiger partial charge in [0.05, 0.1) is 30.7 Å². The first-order chi connectivity index (χ1) is 11.0. The van der Waals surface area contributed by atoms with Gasteiger partial charge in [-0.2, -0.15) is 10.2 Å². The summed E-state index contributed by atoms with van der Waals surface area (Å²) in [5.41, 5.74) is 3.36. The monoisotopic (exact) mass is 316 g/mol. The van der Waals surface area contributed by atoms with Crippen molar-refractivity contribution in [2.45, 2.75) is 53.0 Å². The van der Waals surface area contributed by atoms with Gasteiger partial charge < -0.3 is 5.32 Å². The molecule has 7 heteroatoms. The zero-order valence-corrected chi connectivity index (χ0v) is 14.0. The molecule has 1 amide bonds. The number of carbonyl (C=O) groups excluding carboxylic acids is 1. The molecule has 124 valence electrons. The lowest BCUT2D eigenvalue weighted by atomic mass is 10.2. The molecule has 1 aliphatic rings. The molecule has 3 heterocycles. The average Bonchev–Trinajstić information content (AvgIpc) is 3.11. The molecule has 2 aromatic rings. The molecule has 0 atom stereocenters. The first-order valence-corrected chi connectivity index (χ1v) is 8.06. The highest BCUT2D eigenvalue weighted by Gasteiger charge is 2.19. The highest BCUT2D eigenvalue weighted by atomic mass is 16.1. The summed E-state index contributed by atoms with van der Waals surface area (Å²) in [5, 5.41) is 11.7. The van der Waals surface area contributed by atoms with Gasteiger partial charge in [-0.15, -0.1) is 0 Å². The van der Waals surface area contributed by atoms with Crippen molar-refractivity contribution < 1.29 is 4.79 Å². The van der Waals surface area contributed by atoms with Crippen LogP contribution >= 0.6 is 0 Å². The molecule has 0 aromatic carbocycles. The SMILES string of the molecule is CC(=O)NCc1cc2n(n1)CCN(Cc1cnn(C(C)C)c1)C2. The Hall–Kier alpha value is -2.15. The van der Waals surface area contributed by atoms with Crippen LogP contribution in [-0.2, 0) is 31.0 Å². The minimum atomic E-state index is -0.0280. The quantitative estimate of drug-likeness (QED) is 0.903. The van der Waals surface area contributed by atoms with Gasteiger partial charge in [0, 0.05) is 44.4 Å². The summed E-state index contributed by atoms with van der Waals surface area (Å²) < 4.78 is 4.04. The standard InChI is InChI=1S/C16H24N6O/c1-12(2)22-10-14(7-18-22)9-20-4-5-21-16(11-20)6-15(19-21)8-17-13(3)23/h6-7,10,12H,4-5,8-9,11H2,1-3H3,(H,17,23). The third-order valence-corrected chi connectivity index (χ3v) is 4.04. The maximum absolute atomic E-state index is 11.0. The summed E-state index contributed by atoms with van der Waals surface area (Å²) >= 11 is 0. The van der Waals surface area contributed by atoms with Crippen LogP contribution < -0.4 is 5.32 Å². The van der Waals surface area contributed by atoms with Crippen molar-refractivity contribution in [3.63, 3.8) is 0 Å². The van der Waals surface area contributed by atoms with E-state index in [1.165, 1.54) is 18.2 Å². The van der Waals surface area contributed by atoms with Crippen molar-refractivity contribution in [2.24, 2.45) is 0 Å². The van der Waals surface area contributed by atoms with E-state index in [4.69, 9.17) is 0 Å². The van der Waals surface area contributed by atoms with Gasteiger partial charge in [0.2, 0.25) is 5.91 Å². The van der Waals surface area contributed by atoms with E-state index < -0.39 is 0 Å². The molecule has 1 aliphatic heterocycles. The Morgan fingerprint density at radius 3 is 2.91 bits per heavy atom. The van der Waals surface area contributed by atoms with E-state index in [2.05, 4.69) is 46.5 Å². The summed E-state index contributed by atoms with van der Waals surface area (Å²) in [7, 11) is 0. The molecule has 3 rings (SSSR count). The van der Waals surface area contributed by atoms with Crippen molar-refractivity contribution in [3.05, 3.63) is 35.4 Å². The van der Waals surface area contributed by atoms with Crippen LogP contribution in [0.4, 0.5) is 0 Å². The largest absolute Gasteiger partial charge is 0.351 e. The molecule has 0 saturated heterocycles. The lowest BCUT2D eigenvalue weighted by molar-refractivity contribution is -0.119. The van der Waals surface area contributed by atoms with Crippen molar-refractivity contribution in [1.82, 2.24) is 29.8 Å². The molecule has 2 aromatic heterocycles. The number of rotatable bonds is 5. The zero-order valence-electron chi connectivity index (χ0n) is 14.0. The molecule has 0 unspecified atom stereocenters. The molecule has 0 spiro atoms. The fraction of sp³-hybridized carbons (Fsp3) is 0.562. The topological polar surface area (TPSA) is 68.0 Å². The van der Waals surface area contributed by atoms with Gasteiger partial charge in [0.1, 0.15) is 0 Å². The van der Waals surface area contributed by atoms with E-state index >= 15 is 0 Å². The highest BCUT2D eigenvalue weighted by molar-refractivity contribution is 5.72. The zero-order chi connectivity index (χ0) is 16.4. The normalized spacial score (nSPS) is 15.0. The smallest absolute Gasteiger partial charge is 0.217 e. The molecule has 7 nitrogen and oxygen atoms in total. The van der Waals surface area contributed by atoms with Gasteiger partial charge >= 0.3 is 0 Å². The van der Waals surface area contributed by atoms with Gasteiger partial charge in [0.25, 0.3) is 0 Å². The van der Waals surface area contributed by atoms with E-state index in [-0.39, 0.29) is 5.91 Å². The van der Waals surface area contributed by atoms with Gasteiger partial charge in [-0.25, -0.2) is 0 Å². The third kappa shape index (κ3) is 3.79. The summed E-state index contributed by atoms with van der Waals surface area (Å²) in [4.78, 5) is 13.4. The first-order valence-electron chi connectivity index (χ1n) is 8.06. The first kappa shape index (κ1) is 15.7. The lowest BCUT2D eigenvalue weighted by Crippen LogP contribution is -2.33. The van der Waals surface area contributed by atoms with Crippen LogP contribution in [0.5, 0.6) is 0 Å². The Balaban J connectivity index is 1.61. The Kier molecular flexibility index (Phi) is 4.47. The van der Waals surface area contributed by atoms with Gasteiger partial charge in [-0.3, -0.25) is 19.1 Å². The highest BCUT2D eigenvalue weighted by Crippen LogP contribution is 2.16. The van der Waals surface area contributed by atoms with Crippen LogP contribution in [0, 0.1) is 0 Å². The molecule has 0 aliphatic carbocycles. The molecule has 0 radical (unpaired) electrons. The Bertz CT molecular complexity index is 687. The summed E-state index contributed by atoms with van der Waals surface area (Å²) in [6.07, 6.45) is 4.08. The van der Waals surface area contributed by atoms with Crippen molar-refractivity contribution in [3.8, 4) is 0 Å². The summed E-state index contributed by atoms with van der Waals surface area (Å²) in [6.45, 7) is 9.92.